The zero-order valence-electron chi connectivity index (χ0n) is 9.47. The maximum atomic E-state index is 9.60. The number of nitrogens with zero attached hydrogens (tertiary/aromatic N) is 2. The van der Waals surface area contributed by atoms with Gasteiger partial charge in [0.05, 0.1) is 19.9 Å². The number of nitrogens with one attached hydrogen (secondary N) is 2. The summed E-state index contributed by atoms with van der Waals surface area (Å²) in [5.41, 5.74) is 3.33. The molecule has 0 radical (unpaired) electrons. The Morgan fingerprint density at radius 2 is 2.47 bits per heavy atom. The Labute approximate surface area is 99.0 Å². The van der Waals surface area contributed by atoms with E-state index in [9.17, 15) is 5.11 Å². The predicted molar refractivity (Wildman–Crippen MR) is 65.7 cm³/mol. The maximum absolute atomic E-state index is 9.60. The Kier molecular flexibility index (Phi) is 3.44. The van der Waals surface area contributed by atoms with Crippen molar-refractivity contribution in [1.29, 1.82) is 0 Å². The van der Waals surface area contributed by atoms with E-state index in [1.165, 1.54) is 6.21 Å². The molecule has 1 aliphatic heterocycles. The topological polar surface area (TPSA) is 78.2 Å². The van der Waals surface area contributed by atoms with Crippen molar-refractivity contribution in [2.24, 2.45) is 10.1 Å². The molecule has 6 nitrogen and oxygen atoms in total. The van der Waals surface area contributed by atoms with Crippen LogP contribution in [0.3, 0.4) is 0 Å². The summed E-state index contributed by atoms with van der Waals surface area (Å²) >= 11 is 0. The molecule has 3 N–H and O–H groups in total. The normalized spacial score (nSPS) is 14.5. The van der Waals surface area contributed by atoms with E-state index < -0.39 is 0 Å². The molecule has 0 unspecified atom stereocenters. The van der Waals surface area contributed by atoms with Gasteiger partial charge in [0.25, 0.3) is 0 Å². The third-order valence-corrected chi connectivity index (χ3v) is 2.28. The lowest BCUT2D eigenvalue weighted by Crippen LogP contribution is -2.30. The molecule has 90 valence electrons. The summed E-state index contributed by atoms with van der Waals surface area (Å²) in [6.45, 7) is 1.57. The fourth-order valence-electron chi connectivity index (χ4n) is 1.40. The molecule has 17 heavy (non-hydrogen) atoms. The van der Waals surface area contributed by atoms with Gasteiger partial charge in [0.15, 0.2) is 0 Å². The van der Waals surface area contributed by atoms with Gasteiger partial charge in [-0.15, -0.1) is 0 Å². The second kappa shape index (κ2) is 5.20. The minimum absolute atomic E-state index is 0.151. The smallest absolute Gasteiger partial charge is 0.212 e. The van der Waals surface area contributed by atoms with Gasteiger partial charge in [-0.3, -0.25) is 0 Å². The van der Waals surface area contributed by atoms with E-state index in [0.717, 1.165) is 13.1 Å². The predicted octanol–water partition coefficient (Wildman–Crippen LogP) is 0.283. The highest BCUT2D eigenvalue weighted by Crippen LogP contribution is 2.20. The van der Waals surface area contributed by atoms with Crippen LogP contribution in [0.2, 0.25) is 0 Å². The van der Waals surface area contributed by atoms with Crippen LogP contribution in [-0.2, 0) is 0 Å². The lowest BCUT2D eigenvalue weighted by molar-refractivity contribution is 0.412. The quantitative estimate of drug-likeness (QED) is 0.518. The number of aromatic hydroxyl groups is 1. The van der Waals surface area contributed by atoms with Crippen LogP contribution in [0.5, 0.6) is 11.5 Å². The van der Waals surface area contributed by atoms with E-state index in [1.54, 1.807) is 25.3 Å². The van der Waals surface area contributed by atoms with Gasteiger partial charge < -0.3 is 15.2 Å². The number of rotatable bonds is 3. The first-order chi connectivity index (χ1) is 8.29. The summed E-state index contributed by atoms with van der Waals surface area (Å²) in [7, 11) is 1.57. The molecule has 0 atom stereocenters. The first-order valence-corrected chi connectivity index (χ1v) is 5.24. The van der Waals surface area contributed by atoms with Crippen molar-refractivity contribution in [3.8, 4) is 11.5 Å². The van der Waals surface area contributed by atoms with E-state index in [-0.39, 0.29) is 5.75 Å². The van der Waals surface area contributed by atoms with Gasteiger partial charge >= 0.3 is 0 Å². The van der Waals surface area contributed by atoms with Crippen LogP contribution >= 0.6 is 0 Å². The molecule has 6 heteroatoms. The first kappa shape index (κ1) is 11.3. The number of methoxy groups -OCH3 is 1. The van der Waals surface area contributed by atoms with Gasteiger partial charge in [0.2, 0.25) is 5.96 Å². The van der Waals surface area contributed by atoms with Crippen LogP contribution in [-0.4, -0.2) is 37.5 Å². The van der Waals surface area contributed by atoms with Crippen LogP contribution in [0.15, 0.2) is 28.3 Å². The third-order valence-electron chi connectivity index (χ3n) is 2.28. The van der Waals surface area contributed by atoms with Gasteiger partial charge in [-0.2, -0.15) is 5.10 Å². The van der Waals surface area contributed by atoms with Gasteiger partial charge in [0.1, 0.15) is 11.5 Å². The standard InChI is InChI=1S/C11H14N4O2/c1-17-9-2-3-10(16)8(6-9)7-14-15-11-12-4-5-13-11/h2-3,6-7,16H,4-5H2,1H3,(H2,12,13,15). The summed E-state index contributed by atoms with van der Waals surface area (Å²) in [4.78, 5) is 4.12. The molecule has 1 heterocycles. The second-order valence-corrected chi connectivity index (χ2v) is 3.45. The lowest BCUT2D eigenvalue weighted by atomic mass is 10.2. The van der Waals surface area contributed by atoms with Crippen LogP contribution in [0.25, 0.3) is 0 Å². The molecule has 0 aromatic heterocycles. The summed E-state index contributed by atoms with van der Waals surface area (Å²) in [5.74, 6) is 1.46. The van der Waals surface area contributed by atoms with Crippen molar-refractivity contribution in [2.75, 3.05) is 20.2 Å². The van der Waals surface area contributed by atoms with Gasteiger partial charge in [-0.25, -0.2) is 10.4 Å². The third kappa shape index (κ3) is 2.87. The van der Waals surface area contributed by atoms with Crippen LogP contribution < -0.4 is 15.5 Å². The zero-order valence-corrected chi connectivity index (χ0v) is 9.47. The maximum Gasteiger partial charge on any atom is 0.212 e. The Balaban J connectivity index is 2.03. The number of phenols is 1. The Bertz CT molecular complexity index is 457. The number of benzene rings is 1. The largest absolute Gasteiger partial charge is 0.507 e. The van der Waals surface area contributed by atoms with Crippen LogP contribution in [0.1, 0.15) is 5.56 Å². The lowest BCUT2D eigenvalue weighted by Gasteiger charge is -2.03. The highest BCUT2D eigenvalue weighted by molar-refractivity contribution is 5.86. The Morgan fingerprint density at radius 3 is 3.18 bits per heavy atom. The number of phenolic OH excluding ortho intramolecular Hbond substituents is 1. The molecule has 0 amide bonds. The highest BCUT2D eigenvalue weighted by Gasteiger charge is 2.03. The minimum Gasteiger partial charge on any atom is -0.507 e. The number of hydrazone groups is 1. The van der Waals surface area contributed by atoms with Crippen molar-refractivity contribution in [1.82, 2.24) is 10.7 Å². The number of ether oxygens (including phenoxy) is 1. The summed E-state index contributed by atoms with van der Waals surface area (Å²) in [5, 5.41) is 16.6. The first-order valence-electron chi connectivity index (χ1n) is 5.24. The van der Waals surface area contributed by atoms with Crippen LogP contribution in [0, 0.1) is 0 Å². The molecule has 0 spiro atoms. The Hall–Kier alpha value is -2.24. The van der Waals surface area contributed by atoms with Crippen molar-refractivity contribution in [2.45, 2.75) is 0 Å². The molecule has 0 saturated heterocycles. The van der Waals surface area contributed by atoms with Crippen LogP contribution in [0.4, 0.5) is 0 Å². The zero-order chi connectivity index (χ0) is 12.1. The number of guanidine groups is 1. The molecule has 0 bridgehead atoms. The fourth-order valence-corrected chi connectivity index (χ4v) is 1.40. The van der Waals surface area contributed by atoms with E-state index in [0.29, 0.717) is 17.3 Å². The summed E-state index contributed by atoms with van der Waals surface area (Å²) in [6.07, 6.45) is 1.51. The number of hydrogen-bond acceptors (Lipinski definition) is 6. The summed E-state index contributed by atoms with van der Waals surface area (Å²) < 4.78 is 5.06. The number of hydrogen-bond donors (Lipinski definition) is 3. The van der Waals surface area contributed by atoms with Crippen molar-refractivity contribution in [3.63, 3.8) is 0 Å². The van der Waals surface area contributed by atoms with E-state index in [1.807, 2.05) is 0 Å². The van der Waals surface area contributed by atoms with E-state index in [4.69, 9.17) is 4.74 Å². The number of aliphatic imine (C=N–C) groups is 1. The fraction of sp³-hybridized carbons (Fsp3) is 0.273. The van der Waals surface area contributed by atoms with Gasteiger partial charge in [-0.1, -0.05) is 0 Å². The second-order valence-electron chi connectivity index (χ2n) is 3.45. The van der Waals surface area contributed by atoms with Crippen molar-refractivity contribution in [3.05, 3.63) is 23.8 Å². The van der Waals surface area contributed by atoms with Crippen molar-refractivity contribution < 1.29 is 9.84 Å². The molecule has 0 aliphatic carbocycles. The highest BCUT2D eigenvalue weighted by atomic mass is 16.5. The van der Waals surface area contributed by atoms with Gasteiger partial charge in [-0.05, 0) is 18.2 Å². The molecule has 1 aromatic carbocycles. The molecule has 1 aliphatic rings. The Morgan fingerprint density at radius 1 is 1.59 bits per heavy atom. The molecular formula is C11H14N4O2. The van der Waals surface area contributed by atoms with E-state index in [2.05, 4.69) is 20.8 Å². The van der Waals surface area contributed by atoms with Crippen molar-refractivity contribution >= 4 is 12.2 Å². The average molecular weight is 234 g/mol. The SMILES string of the molecule is COc1ccc(O)c(C=NNC2=NCCN2)c1. The monoisotopic (exact) mass is 234 g/mol. The minimum atomic E-state index is 0.151. The molecular weight excluding hydrogens is 220 g/mol. The molecule has 1 aromatic rings. The van der Waals surface area contributed by atoms with Gasteiger partial charge in [0, 0.05) is 12.1 Å². The summed E-state index contributed by atoms with van der Waals surface area (Å²) in [6, 6.07) is 4.94. The van der Waals surface area contributed by atoms with E-state index >= 15 is 0 Å². The molecule has 0 fully saturated rings. The molecule has 2 rings (SSSR count). The average Bonchev–Trinajstić information content (AvgIpc) is 2.84. The molecule has 0 saturated carbocycles.